The molecule has 0 heterocycles. The van der Waals surface area contributed by atoms with Crippen molar-refractivity contribution in [3.05, 3.63) is 29.6 Å². The van der Waals surface area contributed by atoms with Crippen LogP contribution in [-0.2, 0) is 0 Å². The van der Waals surface area contributed by atoms with Crippen LogP contribution in [0.3, 0.4) is 0 Å². The Bertz CT molecular complexity index is 337. The molecule has 0 radical (unpaired) electrons. The SMILES string of the molecule is CCC(C)COc1cc(F)ccc1C(C)O. The van der Waals surface area contributed by atoms with Crippen molar-refractivity contribution < 1.29 is 14.2 Å². The lowest BCUT2D eigenvalue weighted by molar-refractivity contribution is 0.186. The van der Waals surface area contributed by atoms with Gasteiger partial charge in [-0.05, 0) is 25.0 Å². The molecule has 0 fully saturated rings. The van der Waals surface area contributed by atoms with E-state index in [0.29, 0.717) is 23.8 Å². The monoisotopic (exact) mass is 226 g/mol. The quantitative estimate of drug-likeness (QED) is 0.834. The standard InChI is InChI=1S/C13H19FO2/c1-4-9(2)8-16-13-7-11(14)5-6-12(13)10(3)15/h5-7,9-10,15H,4,8H2,1-3H3. The highest BCUT2D eigenvalue weighted by atomic mass is 19.1. The van der Waals surface area contributed by atoms with E-state index >= 15 is 0 Å². The van der Waals surface area contributed by atoms with Gasteiger partial charge in [-0.25, -0.2) is 4.39 Å². The van der Waals surface area contributed by atoms with Crippen LogP contribution < -0.4 is 4.74 Å². The van der Waals surface area contributed by atoms with E-state index in [1.807, 2.05) is 0 Å². The lowest BCUT2D eigenvalue weighted by Crippen LogP contribution is -2.09. The molecule has 0 saturated carbocycles. The van der Waals surface area contributed by atoms with E-state index in [4.69, 9.17) is 4.74 Å². The van der Waals surface area contributed by atoms with Gasteiger partial charge in [0.05, 0.1) is 12.7 Å². The molecule has 0 aliphatic rings. The number of ether oxygens (including phenoxy) is 1. The van der Waals surface area contributed by atoms with Gasteiger partial charge in [-0.3, -0.25) is 0 Å². The van der Waals surface area contributed by atoms with Crippen LogP contribution in [0.15, 0.2) is 18.2 Å². The molecular weight excluding hydrogens is 207 g/mol. The Morgan fingerprint density at radius 2 is 2.06 bits per heavy atom. The highest BCUT2D eigenvalue weighted by Gasteiger charge is 2.11. The Kier molecular flexibility index (Phi) is 4.74. The summed E-state index contributed by atoms with van der Waals surface area (Å²) in [5.74, 6) is 0.518. The van der Waals surface area contributed by atoms with Crippen molar-refractivity contribution in [2.24, 2.45) is 5.92 Å². The van der Waals surface area contributed by atoms with Crippen LogP contribution in [0.1, 0.15) is 38.9 Å². The number of benzene rings is 1. The third kappa shape index (κ3) is 3.49. The van der Waals surface area contributed by atoms with Crippen LogP contribution in [0.5, 0.6) is 5.75 Å². The fraction of sp³-hybridized carbons (Fsp3) is 0.538. The first-order valence-electron chi connectivity index (χ1n) is 5.64. The summed E-state index contributed by atoms with van der Waals surface area (Å²) < 4.78 is 18.6. The molecule has 0 amide bonds. The third-order valence-electron chi connectivity index (χ3n) is 2.65. The molecule has 0 bridgehead atoms. The van der Waals surface area contributed by atoms with Crippen LogP contribution in [0.25, 0.3) is 0 Å². The van der Waals surface area contributed by atoms with Gasteiger partial charge in [0.2, 0.25) is 0 Å². The smallest absolute Gasteiger partial charge is 0.128 e. The predicted octanol–water partition coefficient (Wildman–Crippen LogP) is 3.30. The van der Waals surface area contributed by atoms with Gasteiger partial charge in [-0.1, -0.05) is 20.3 Å². The van der Waals surface area contributed by atoms with Crippen molar-refractivity contribution in [3.8, 4) is 5.75 Å². The molecule has 1 aromatic rings. The molecule has 1 N–H and O–H groups in total. The summed E-state index contributed by atoms with van der Waals surface area (Å²) in [5, 5.41) is 9.52. The Morgan fingerprint density at radius 1 is 1.38 bits per heavy atom. The van der Waals surface area contributed by atoms with Crippen LogP contribution in [0, 0.1) is 11.7 Å². The van der Waals surface area contributed by atoms with Crippen molar-refractivity contribution in [2.75, 3.05) is 6.61 Å². The van der Waals surface area contributed by atoms with E-state index in [1.165, 1.54) is 12.1 Å². The Hall–Kier alpha value is -1.09. The predicted molar refractivity (Wildman–Crippen MR) is 62.0 cm³/mol. The minimum atomic E-state index is -0.646. The zero-order valence-electron chi connectivity index (χ0n) is 10.0. The lowest BCUT2D eigenvalue weighted by atomic mass is 10.1. The second-order valence-corrected chi connectivity index (χ2v) is 4.18. The molecule has 2 unspecified atom stereocenters. The summed E-state index contributed by atoms with van der Waals surface area (Å²) in [4.78, 5) is 0. The largest absolute Gasteiger partial charge is 0.493 e. The zero-order chi connectivity index (χ0) is 12.1. The van der Waals surface area contributed by atoms with Gasteiger partial charge in [0.25, 0.3) is 0 Å². The number of hydrogen-bond acceptors (Lipinski definition) is 2. The van der Waals surface area contributed by atoms with Gasteiger partial charge in [0, 0.05) is 11.6 Å². The molecule has 90 valence electrons. The summed E-state index contributed by atoms with van der Waals surface area (Å²) >= 11 is 0. The topological polar surface area (TPSA) is 29.5 Å². The number of hydrogen-bond donors (Lipinski definition) is 1. The molecule has 0 spiro atoms. The molecule has 0 aliphatic carbocycles. The van der Waals surface area contributed by atoms with E-state index in [2.05, 4.69) is 13.8 Å². The first kappa shape index (κ1) is 13.0. The number of rotatable bonds is 5. The molecule has 16 heavy (non-hydrogen) atoms. The maximum Gasteiger partial charge on any atom is 0.128 e. The summed E-state index contributed by atoms with van der Waals surface area (Å²) in [6, 6.07) is 4.22. The number of aliphatic hydroxyl groups is 1. The van der Waals surface area contributed by atoms with E-state index in [0.717, 1.165) is 6.42 Å². The van der Waals surface area contributed by atoms with Crippen LogP contribution >= 0.6 is 0 Å². The van der Waals surface area contributed by atoms with Crippen molar-refractivity contribution in [1.29, 1.82) is 0 Å². The second kappa shape index (κ2) is 5.85. The molecule has 0 aromatic heterocycles. The summed E-state index contributed by atoms with van der Waals surface area (Å²) in [7, 11) is 0. The van der Waals surface area contributed by atoms with Gasteiger partial charge in [-0.2, -0.15) is 0 Å². The van der Waals surface area contributed by atoms with Gasteiger partial charge < -0.3 is 9.84 Å². The molecule has 1 aromatic carbocycles. The van der Waals surface area contributed by atoms with E-state index in [-0.39, 0.29) is 5.82 Å². The first-order valence-corrected chi connectivity index (χ1v) is 5.64. The Morgan fingerprint density at radius 3 is 2.62 bits per heavy atom. The average molecular weight is 226 g/mol. The van der Waals surface area contributed by atoms with Gasteiger partial charge >= 0.3 is 0 Å². The molecule has 3 heteroatoms. The lowest BCUT2D eigenvalue weighted by Gasteiger charge is -2.15. The van der Waals surface area contributed by atoms with Gasteiger partial charge in [0.15, 0.2) is 0 Å². The fourth-order valence-corrected chi connectivity index (χ4v) is 1.33. The maximum absolute atomic E-state index is 13.1. The van der Waals surface area contributed by atoms with Crippen molar-refractivity contribution in [3.63, 3.8) is 0 Å². The first-order chi connectivity index (χ1) is 7.54. The van der Waals surface area contributed by atoms with Crippen LogP contribution in [0.2, 0.25) is 0 Å². The molecule has 1 rings (SSSR count). The summed E-state index contributed by atoms with van der Waals surface area (Å²) in [6.07, 6.45) is 0.367. The number of aliphatic hydroxyl groups excluding tert-OH is 1. The van der Waals surface area contributed by atoms with Gasteiger partial charge in [-0.15, -0.1) is 0 Å². The number of halogens is 1. The minimum Gasteiger partial charge on any atom is -0.493 e. The second-order valence-electron chi connectivity index (χ2n) is 4.18. The fourth-order valence-electron chi connectivity index (χ4n) is 1.33. The van der Waals surface area contributed by atoms with Crippen molar-refractivity contribution >= 4 is 0 Å². The van der Waals surface area contributed by atoms with E-state index < -0.39 is 6.10 Å². The van der Waals surface area contributed by atoms with Crippen molar-refractivity contribution in [2.45, 2.75) is 33.3 Å². The Labute approximate surface area is 96.1 Å². The van der Waals surface area contributed by atoms with Crippen LogP contribution in [-0.4, -0.2) is 11.7 Å². The highest BCUT2D eigenvalue weighted by Crippen LogP contribution is 2.26. The normalized spacial score (nSPS) is 14.6. The third-order valence-corrected chi connectivity index (χ3v) is 2.65. The Balaban J connectivity index is 2.80. The minimum absolute atomic E-state index is 0.344. The van der Waals surface area contributed by atoms with Gasteiger partial charge in [0.1, 0.15) is 11.6 Å². The molecule has 0 saturated heterocycles. The van der Waals surface area contributed by atoms with E-state index in [9.17, 15) is 9.50 Å². The highest BCUT2D eigenvalue weighted by molar-refractivity contribution is 5.35. The maximum atomic E-state index is 13.1. The van der Waals surface area contributed by atoms with Crippen LogP contribution in [0.4, 0.5) is 4.39 Å². The molecule has 2 nitrogen and oxygen atoms in total. The summed E-state index contributed by atoms with van der Waals surface area (Å²) in [6.45, 7) is 6.33. The zero-order valence-corrected chi connectivity index (χ0v) is 10.0. The van der Waals surface area contributed by atoms with E-state index in [1.54, 1.807) is 13.0 Å². The average Bonchev–Trinajstić information content (AvgIpc) is 2.25. The summed E-state index contributed by atoms with van der Waals surface area (Å²) in [5.41, 5.74) is 0.629. The molecular formula is C13H19FO2. The molecule has 0 aliphatic heterocycles. The van der Waals surface area contributed by atoms with Crippen molar-refractivity contribution in [1.82, 2.24) is 0 Å². The molecule has 2 atom stereocenters.